The molecule has 9 heteroatoms. The van der Waals surface area contributed by atoms with Gasteiger partial charge in [-0.1, -0.05) is 23.2 Å². The first kappa shape index (κ1) is 24.0. The van der Waals surface area contributed by atoms with Gasteiger partial charge in [0.25, 0.3) is 0 Å². The molecule has 172 valence electrons. The third-order valence-electron chi connectivity index (χ3n) is 4.56. The van der Waals surface area contributed by atoms with E-state index in [0.717, 1.165) is 0 Å². The highest BCUT2D eigenvalue weighted by Crippen LogP contribution is 2.44. The lowest BCUT2D eigenvalue weighted by Gasteiger charge is -2.32. The number of esters is 2. The Morgan fingerprint density at radius 1 is 1.19 bits per heavy atom. The highest BCUT2D eigenvalue weighted by atomic mass is 35.5. The first-order valence-electron chi connectivity index (χ1n) is 10.1. The average Bonchev–Trinajstić information content (AvgIpc) is 2.68. The molecule has 2 aromatic carbocycles. The molecule has 0 saturated carbocycles. The SMILES string of the molecule is CCOC(=O)C1CC(Oc2ccc(C(=O)OC(C)(C)C)cc2N)Oc2c(Cl)cc(Cl)cc21. The van der Waals surface area contributed by atoms with E-state index in [4.69, 9.17) is 47.9 Å². The molecule has 7 nitrogen and oxygen atoms in total. The molecular weight excluding hydrogens is 457 g/mol. The van der Waals surface area contributed by atoms with Crippen LogP contribution in [0.1, 0.15) is 56.0 Å². The van der Waals surface area contributed by atoms with Crippen molar-refractivity contribution < 1.29 is 28.5 Å². The first-order chi connectivity index (χ1) is 15.0. The van der Waals surface area contributed by atoms with E-state index in [-0.39, 0.29) is 23.7 Å². The van der Waals surface area contributed by atoms with Gasteiger partial charge < -0.3 is 24.7 Å². The second kappa shape index (κ2) is 9.46. The van der Waals surface area contributed by atoms with Crippen LogP contribution in [-0.4, -0.2) is 30.4 Å². The summed E-state index contributed by atoms with van der Waals surface area (Å²) < 4.78 is 22.4. The molecule has 2 N–H and O–H groups in total. The van der Waals surface area contributed by atoms with Gasteiger partial charge in [0, 0.05) is 17.0 Å². The summed E-state index contributed by atoms with van der Waals surface area (Å²) in [6, 6.07) is 7.72. The Morgan fingerprint density at radius 2 is 1.91 bits per heavy atom. The van der Waals surface area contributed by atoms with Crippen LogP contribution in [0.4, 0.5) is 5.69 Å². The van der Waals surface area contributed by atoms with Gasteiger partial charge in [-0.3, -0.25) is 4.79 Å². The predicted octanol–water partition coefficient (Wildman–Crippen LogP) is 5.37. The summed E-state index contributed by atoms with van der Waals surface area (Å²) in [4.78, 5) is 24.9. The van der Waals surface area contributed by atoms with Gasteiger partial charge in [-0.05, 0) is 58.0 Å². The number of rotatable bonds is 5. The Labute approximate surface area is 196 Å². The van der Waals surface area contributed by atoms with E-state index in [1.54, 1.807) is 45.9 Å². The highest BCUT2D eigenvalue weighted by Gasteiger charge is 2.37. The van der Waals surface area contributed by atoms with Crippen molar-refractivity contribution in [3.63, 3.8) is 0 Å². The van der Waals surface area contributed by atoms with Crippen LogP contribution < -0.4 is 15.2 Å². The normalized spacial score (nSPS) is 17.7. The fourth-order valence-electron chi connectivity index (χ4n) is 3.26. The Kier molecular flexibility index (Phi) is 7.10. The number of nitrogens with two attached hydrogens (primary N) is 1. The number of benzene rings is 2. The van der Waals surface area contributed by atoms with Crippen LogP contribution in [0.3, 0.4) is 0 Å². The lowest BCUT2D eigenvalue weighted by Crippen LogP contribution is -2.34. The van der Waals surface area contributed by atoms with Gasteiger partial charge in [-0.15, -0.1) is 0 Å². The van der Waals surface area contributed by atoms with Gasteiger partial charge in [-0.2, -0.15) is 0 Å². The first-order valence-corrected chi connectivity index (χ1v) is 10.9. The Hall–Kier alpha value is -2.64. The molecule has 2 atom stereocenters. The van der Waals surface area contributed by atoms with E-state index in [2.05, 4.69) is 0 Å². The predicted molar refractivity (Wildman–Crippen MR) is 122 cm³/mol. The monoisotopic (exact) mass is 481 g/mol. The minimum absolute atomic E-state index is 0.162. The summed E-state index contributed by atoms with van der Waals surface area (Å²) in [6.45, 7) is 7.29. The molecule has 1 heterocycles. The van der Waals surface area contributed by atoms with Crippen LogP contribution >= 0.6 is 23.2 Å². The zero-order valence-electron chi connectivity index (χ0n) is 18.2. The number of fused-ring (bicyclic) bond motifs is 1. The van der Waals surface area contributed by atoms with Crippen molar-refractivity contribution in [2.24, 2.45) is 0 Å². The minimum Gasteiger partial charge on any atom is -0.466 e. The largest absolute Gasteiger partial charge is 0.466 e. The number of anilines is 1. The van der Waals surface area contributed by atoms with Crippen molar-refractivity contribution in [1.29, 1.82) is 0 Å². The van der Waals surface area contributed by atoms with Crippen LogP contribution in [-0.2, 0) is 14.3 Å². The topological polar surface area (TPSA) is 97.1 Å². The molecule has 2 unspecified atom stereocenters. The molecule has 0 amide bonds. The van der Waals surface area contributed by atoms with Crippen molar-refractivity contribution in [2.45, 2.75) is 51.9 Å². The van der Waals surface area contributed by atoms with Gasteiger partial charge in [-0.25, -0.2) is 4.79 Å². The number of hydrogen-bond donors (Lipinski definition) is 1. The molecule has 0 aromatic heterocycles. The smallest absolute Gasteiger partial charge is 0.338 e. The molecule has 0 fully saturated rings. The van der Waals surface area contributed by atoms with Crippen LogP contribution in [0, 0.1) is 0 Å². The maximum atomic E-state index is 12.6. The van der Waals surface area contributed by atoms with Crippen LogP contribution in [0.25, 0.3) is 0 Å². The fraction of sp³-hybridized carbons (Fsp3) is 0.391. The third kappa shape index (κ3) is 5.58. The van der Waals surface area contributed by atoms with Crippen molar-refractivity contribution in [3.8, 4) is 11.5 Å². The maximum absolute atomic E-state index is 12.6. The summed E-state index contributed by atoms with van der Waals surface area (Å²) >= 11 is 12.4. The number of nitrogen functional groups attached to an aromatic ring is 1. The molecular formula is C23H25Cl2NO6. The van der Waals surface area contributed by atoms with E-state index in [9.17, 15) is 9.59 Å². The zero-order valence-corrected chi connectivity index (χ0v) is 19.8. The van der Waals surface area contributed by atoms with E-state index in [0.29, 0.717) is 27.6 Å². The summed E-state index contributed by atoms with van der Waals surface area (Å²) in [5, 5.41) is 0.635. The number of carbonyl (C=O) groups excluding carboxylic acids is 2. The molecule has 0 bridgehead atoms. The summed E-state index contributed by atoms with van der Waals surface area (Å²) in [7, 11) is 0. The molecule has 0 radical (unpaired) electrons. The number of hydrogen-bond acceptors (Lipinski definition) is 7. The molecule has 2 aromatic rings. The summed E-state index contributed by atoms with van der Waals surface area (Å²) in [5.74, 6) is -1.02. The van der Waals surface area contributed by atoms with Gasteiger partial charge in [0.15, 0.2) is 0 Å². The van der Waals surface area contributed by atoms with E-state index < -0.39 is 29.7 Å². The van der Waals surface area contributed by atoms with Gasteiger partial charge >= 0.3 is 11.9 Å². The standard InChI is InChI=1S/C23H25Cl2NO6/c1-5-29-22(28)15-11-19(31-20-14(15)9-13(24)10-16(20)25)30-18-7-6-12(8-17(18)26)21(27)32-23(2,3)4/h6-10,15,19H,5,11,26H2,1-4H3. The van der Waals surface area contributed by atoms with Crippen molar-refractivity contribution in [1.82, 2.24) is 0 Å². The second-order valence-corrected chi connectivity index (χ2v) is 9.11. The fourth-order valence-corrected chi connectivity index (χ4v) is 3.82. The van der Waals surface area contributed by atoms with E-state index in [1.165, 1.54) is 12.1 Å². The quantitative estimate of drug-likeness (QED) is 0.452. The van der Waals surface area contributed by atoms with E-state index in [1.807, 2.05) is 0 Å². The molecule has 1 aliphatic rings. The van der Waals surface area contributed by atoms with Crippen molar-refractivity contribution >= 4 is 40.8 Å². The molecule has 1 aliphatic heterocycles. The van der Waals surface area contributed by atoms with E-state index >= 15 is 0 Å². The molecule has 3 rings (SSSR count). The maximum Gasteiger partial charge on any atom is 0.338 e. The summed E-state index contributed by atoms with van der Waals surface area (Å²) in [6.07, 6.45) is -0.708. The zero-order chi connectivity index (χ0) is 23.6. The van der Waals surface area contributed by atoms with Gasteiger partial charge in [0.2, 0.25) is 6.29 Å². The lowest BCUT2D eigenvalue weighted by molar-refractivity contribution is -0.148. The minimum atomic E-state index is -0.870. The molecule has 0 saturated heterocycles. The number of ether oxygens (including phenoxy) is 4. The van der Waals surface area contributed by atoms with Crippen molar-refractivity contribution in [3.05, 3.63) is 51.5 Å². The number of halogens is 2. The molecule has 0 spiro atoms. The second-order valence-electron chi connectivity index (χ2n) is 8.27. The highest BCUT2D eigenvalue weighted by molar-refractivity contribution is 6.35. The van der Waals surface area contributed by atoms with Gasteiger partial charge in [0.1, 0.15) is 17.1 Å². The molecule has 32 heavy (non-hydrogen) atoms. The number of carbonyl (C=O) groups is 2. The Balaban J connectivity index is 1.84. The third-order valence-corrected chi connectivity index (χ3v) is 5.06. The van der Waals surface area contributed by atoms with Gasteiger partial charge in [0.05, 0.1) is 28.8 Å². The Bertz CT molecular complexity index is 1030. The van der Waals surface area contributed by atoms with Crippen LogP contribution in [0.5, 0.6) is 11.5 Å². The average molecular weight is 482 g/mol. The van der Waals surface area contributed by atoms with Crippen molar-refractivity contribution in [2.75, 3.05) is 12.3 Å². The lowest BCUT2D eigenvalue weighted by atomic mass is 9.92. The Morgan fingerprint density at radius 3 is 2.53 bits per heavy atom. The van der Waals surface area contributed by atoms with Crippen LogP contribution in [0.2, 0.25) is 10.0 Å². The van der Waals surface area contributed by atoms with Crippen LogP contribution in [0.15, 0.2) is 30.3 Å². The summed E-state index contributed by atoms with van der Waals surface area (Å²) in [5.41, 5.74) is 6.52. The molecule has 0 aliphatic carbocycles.